The van der Waals surface area contributed by atoms with E-state index in [4.69, 9.17) is 4.42 Å². The van der Waals surface area contributed by atoms with Crippen LogP contribution in [0.5, 0.6) is 0 Å². The highest BCUT2D eigenvalue weighted by Gasteiger charge is 2.14. The summed E-state index contributed by atoms with van der Waals surface area (Å²) in [4.78, 5) is 24.5. The third-order valence-electron chi connectivity index (χ3n) is 3.02. The Morgan fingerprint density at radius 1 is 1.14 bits per heavy atom. The maximum Gasteiger partial charge on any atom is 0.326 e. The van der Waals surface area contributed by atoms with Crippen LogP contribution >= 0.6 is 0 Å². The first kappa shape index (κ1) is 15.8. The van der Waals surface area contributed by atoms with Gasteiger partial charge in [-0.3, -0.25) is 10.1 Å². The molecule has 1 unspecified atom stereocenters. The zero-order valence-corrected chi connectivity index (χ0v) is 12.7. The molecule has 3 amide bonds. The fraction of sp³-hybridized carbons (Fsp3) is 0.250. The van der Waals surface area contributed by atoms with Crippen LogP contribution in [0.4, 0.5) is 10.5 Å². The Morgan fingerprint density at radius 2 is 1.86 bits per heavy atom. The van der Waals surface area contributed by atoms with Crippen molar-refractivity contribution in [2.45, 2.75) is 13.5 Å². The number of urea groups is 1. The Hall–Kier alpha value is -2.60. The van der Waals surface area contributed by atoms with Gasteiger partial charge in [-0.05, 0) is 31.2 Å². The van der Waals surface area contributed by atoms with Crippen LogP contribution in [-0.2, 0) is 11.3 Å². The monoisotopic (exact) mass is 302 g/mol. The zero-order valence-electron chi connectivity index (χ0n) is 12.7. The molecule has 2 rings (SSSR count). The number of quaternary nitrogens is 1. The van der Waals surface area contributed by atoms with Crippen LogP contribution < -0.4 is 15.5 Å². The average molecular weight is 302 g/mol. The standard InChI is InChI=1S/C16H19N3O3/c1-12-8-9-14(22-12)10-19(2)11-15(20)18-16(21)17-13-6-4-3-5-7-13/h3-9H,10-11H2,1-2H3,(H2,17,18,20,21)/p+1. The predicted molar refractivity (Wildman–Crippen MR) is 82.5 cm³/mol. The molecule has 1 heterocycles. The third-order valence-corrected chi connectivity index (χ3v) is 3.02. The number of furan rings is 1. The van der Waals surface area contributed by atoms with E-state index in [0.717, 1.165) is 16.4 Å². The number of imide groups is 1. The first-order valence-corrected chi connectivity index (χ1v) is 7.05. The maximum atomic E-state index is 11.8. The largest absolute Gasteiger partial charge is 0.460 e. The summed E-state index contributed by atoms with van der Waals surface area (Å²) in [5, 5.41) is 4.91. The number of amides is 3. The molecule has 6 heteroatoms. The van der Waals surface area contributed by atoms with Gasteiger partial charge in [0, 0.05) is 5.69 Å². The maximum absolute atomic E-state index is 11.8. The molecular weight excluding hydrogens is 282 g/mol. The van der Waals surface area contributed by atoms with E-state index in [1.165, 1.54) is 0 Å². The molecule has 1 atom stereocenters. The number of nitrogens with one attached hydrogen (secondary N) is 3. The third kappa shape index (κ3) is 5.06. The zero-order chi connectivity index (χ0) is 15.9. The smallest absolute Gasteiger partial charge is 0.326 e. The van der Waals surface area contributed by atoms with Crippen LogP contribution in [0.2, 0.25) is 0 Å². The van der Waals surface area contributed by atoms with Gasteiger partial charge in [-0.2, -0.15) is 0 Å². The number of hydrogen-bond acceptors (Lipinski definition) is 3. The Labute approximate surface area is 129 Å². The molecule has 0 aliphatic carbocycles. The molecule has 0 bridgehead atoms. The van der Waals surface area contributed by atoms with E-state index in [1.54, 1.807) is 24.3 Å². The topological polar surface area (TPSA) is 75.8 Å². The Kier molecular flexibility index (Phi) is 5.32. The van der Waals surface area contributed by atoms with E-state index in [2.05, 4.69) is 10.6 Å². The molecule has 116 valence electrons. The first-order valence-electron chi connectivity index (χ1n) is 7.05. The summed E-state index contributed by atoms with van der Waals surface area (Å²) in [5.41, 5.74) is 0.638. The van der Waals surface area contributed by atoms with E-state index in [9.17, 15) is 9.59 Å². The molecule has 0 saturated heterocycles. The van der Waals surface area contributed by atoms with Crippen molar-refractivity contribution in [3.05, 3.63) is 54.0 Å². The highest BCUT2D eigenvalue weighted by atomic mass is 16.3. The lowest BCUT2D eigenvalue weighted by atomic mass is 10.3. The minimum Gasteiger partial charge on any atom is -0.460 e. The number of carbonyl (C=O) groups excluding carboxylic acids is 2. The van der Waals surface area contributed by atoms with Crippen molar-refractivity contribution < 1.29 is 18.9 Å². The lowest BCUT2D eigenvalue weighted by Gasteiger charge is -2.12. The van der Waals surface area contributed by atoms with Gasteiger partial charge in [-0.15, -0.1) is 0 Å². The molecular formula is C16H20N3O3+. The van der Waals surface area contributed by atoms with Crippen molar-refractivity contribution in [1.29, 1.82) is 0 Å². The molecule has 0 spiro atoms. The lowest BCUT2D eigenvalue weighted by molar-refractivity contribution is -0.886. The van der Waals surface area contributed by atoms with Gasteiger partial charge in [-0.25, -0.2) is 4.79 Å². The van der Waals surface area contributed by atoms with Gasteiger partial charge in [-0.1, -0.05) is 18.2 Å². The number of rotatable bonds is 5. The Balaban J connectivity index is 1.76. The molecule has 0 aliphatic rings. The number of aryl methyl sites for hydroxylation is 1. The highest BCUT2D eigenvalue weighted by Crippen LogP contribution is 2.04. The molecule has 22 heavy (non-hydrogen) atoms. The summed E-state index contributed by atoms with van der Waals surface area (Å²) < 4.78 is 5.46. The molecule has 0 aliphatic heterocycles. The van der Waals surface area contributed by atoms with E-state index < -0.39 is 6.03 Å². The van der Waals surface area contributed by atoms with E-state index in [-0.39, 0.29) is 12.5 Å². The Bertz CT molecular complexity index is 637. The normalized spacial score (nSPS) is 11.7. The van der Waals surface area contributed by atoms with Gasteiger partial charge in [0.2, 0.25) is 0 Å². The average Bonchev–Trinajstić information content (AvgIpc) is 2.84. The van der Waals surface area contributed by atoms with Gasteiger partial charge >= 0.3 is 6.03 Å². The molecule has 1 aromatic carbocycles. The van der Waals surface area contributed by atoms with Crippen molar-refractivity contribution in [3.63, 3.8) is 0 Å². The molecule has 2 aromatic rings. The molecule has 0 radical (unpaired) electrons. The van der Waals surface area contributed by atoms with Crippen LogP contribution in [-0.4, -0.2) is 25.5 Å². The van der Waals surface area contributed by atoms with Crippen LogP contribution in [0.15, 0.2) is 46.9 Å². The summed E-state index contributed by atoms with van der Waals surface area (Å²) in [7, 11) is 1.87. The van der Waals surface area contributed by atoms with Gasteiger partial charge in [0.1, 0.15) is 12.3 Å². The number of likely N-dealkylation sites (N-methyl/N-ethyl adjacent to an activating group) is 1. The van der Waals surface area contributed by atoms with Crippen LogP contribution in [0.3, 0.4) is 0 Å². The molecule has 6 nitrogen and oxygen atoms in total. The second-order valence-electron chi connectivity index (χ2n) is 5.19. The number of anilines is 1. The summed E-state index contributed by atoms with van der Waals surface area (Å²) in [5.74, 6) is 1.32. The quantitative estimate of drug-likeness (QED) is 0.770. The van der Waals surface area contributed by atoms with E-state index in [0.29, 0.717) is 12.2 Å². The predicted octanol–water partition coefficient (Wildman–Crippen LogP) is 0.951. The molecule has 1 aromatic heterocycles. The lowest BCUT2D eigenvalue weighted by Crippen LogP contribution is -3.08. The second kappa shape index (κ2) is 7.42. The fourth-order valence-corrected chi connectivity index (χ4v) is 2.07. The number of para-hydroxylation sites is 1. The van der Waals surface area contributed by atoms with Gasteiger partial charge < -0.3 is 14.6 Å². The summed E-state index contributed by atoms with van der Waals surface area (Å²) in [6, 6.07) is 12.2. The van der Waals surface area contributed by atoms with Gasteiger partial charge in [0.15, 0.2) is 12.3 Å². The SMILES string of the molecule is Cc1ccc(C[NH+](C)CC(=O)NC(=O)Nc2ccccc2)o1. The summed E-state index contributed by atoms with van der Waals surface area (Å²) in [6.45, 7) is 2.64. The first-order chi connectivity index (χ1) is 10.5. The number of hydrogen-bond donors (Lipinski definition) is 3. The number of carbonyl (C=O) groups is 2. The fourth-order valence-electron chi connectivity index (χ4n) is 2.07. The highest BCUT2D eigenvalue weighted by molar-refractivity contribution is 6.01. The van der Waals surface area contributed by atoms with Crippen molar-refractivity contribution in [2.75, 3.05) is 18.9 Å². The minimum atomic E-state index is -0.530. The van der Waals surface area contributed by atoms with Crippen molar-refractivity contribution in [1.82, 2.24) is 5.32 Å². The van der Waals surface area contributed by atoms with Crippen molar-refractivity contribution in [2.24, 2.45) is 0 Å². The van der Waals surface area contributed by atoms with E-state index >= 15 is 0 Å². The minimum absolute atomic E-state index is 0.182. The van der Waals surface area contributed by atoms with Crippen LogP contribution in [0.1, 0.15) is 11.5 Å². The molecule has 0 fully saturated rings. The van der Waals surface area contributed by atoms with Crippen molar-refractivity contribution >= 4 is 17.6 Å². The van der Waals surface area contributed by atoms with E-state index in [1.807, 2.05) is 32.2 Å². The van der Waals surface area contributed by atoms with Crippen LogP contribution in [0.25, 0.3) is 0 Å². The van der Waals surface area contributed by atoms with Crippen molar-refractivity contribution in [3.8, 4) is 0 Å². The molecule has 0 saturated carbocycles. The second-order valence-corrected chi connectivity index (χ2v) is 5.19. The van der Waals surface area contributed by atoms with Crippen LogP contribution in [0, 0.1) is 6.92 Å². The molecule has 3 N–H and O–H groups in total. The van der Waals surface area contributed by atoms with Gasteiger partial charge in [0.05, 0.1) is 7.05 Å². The summed E-state index contributed by atoms with van der Waals surface area (Å²) >= 11 is 0. The summed E-state index contributed by atoms with van der Waals surface area (Å²) in [6.07, 6.45) is 0. The van der Waals surface area contributed by atoms with Gasteiger partial charge in [0.25, 0.3) is 5.91 Å². The number of benzene rings is 1. The Morgan fingerprint density at radius 3 is 2.50 bits per heavy atom.